The van der Waals surface area contributed by atoms with Crippen LogP contribution in [0.3, 0.4) is 0 Å². The summed E-state index contributed by atoms with van der Waals surface area (Å²) in [4.78, 5) is 0. The van der Waals surface area contributed by atoms with E-state index in [-0.39, 0.29) is 19.6 Å². The van der Waals surface area contributed by atoms with Gasteiger partial charge in [0.15, 0.2) is 0 Å². The lowest BCUT2D eigenvalue weighted by molar-refractivity contribution is -0.195. The van der Waals surface area contributed by atoms with Crippen molar-refractivity contribution in [2.24, 2.45) is 0 Å². The van der Waals surface area contributed by atoms with Gasteiger partial charge in [-0.3, -0.25) is 0 Å². The quantitative estimate of drug-likeness (QED) is 0.697. The van der Waals surface area contributed by atoms with Gasteiger partial charge in [-0.05, 0) is 6.54 Å². The molecule has 1 aliphatic heterocycles. The van der Waals surface area contributed by atoms with E-state index >= 15 is 0 Å². The van der Waals surface area contributed by atoms with E-state index in [1.54, 1.807) is 6.92 Å². The Morgan fingerprint density at radius 2 is 2.17 bits per heavy atom. The third kappa shape index (κ3) is 1.56. The van der Waals surface area contributed by atoms with E-state index < -0.39 is 11.7 Å². The van der Waals surface area contributed by atoms with Crippen LogP contribution < -0.4 is 5.32 Å². The van der Waals surface area contributed by atoms with Gasteiger partial charge in [0, 0.05) is 13.0 Å². The standard InChI is InChI=1S/C7H12F3NO/c1-2-11-6(7(8,9)10)3-4-12-5-6/h11H,2-5H2,1H3. The maximum absolute atomic E-state index is 12.5. The van der Waals surface area contributed by atoms with E-state index in [9.17, 15) is 13.2 Å². The Morgan fingerprint density at radius 1 is 1.50 bits per heavy atom. The van der Waals surface area contributed by atoms with Crippen LogP contribution >= 0.6 is 0 Å². The summed E-state index contributed by atoms with van der Waals surface area (Å²) in [6.07, 6.45) is -4.19. The van der Waals surface area contributed by atoms with Crippen LogP contribution in [0.1, 0.15) is 13.3 Å². The average molecular weight is 183 g/mol. The monoisotopic (exact) mass is 183 g/mol. The number of likely N-dealkylation sites (N-methyl/N-ethyl adjacent to an activating group) is 1. The first-order valence-electron chi connectivity index (χ1n) is 3.91. The smallest absolute Gasteiger partial charge is 0.379 e. The molecule has 1 aliphatic rings. The fraction of sp³-hybridized carbons (Fsp3) is 1.00. The number of alkyl halides is 3. The molecule has 1 N–H and O–H groups in total. The van der Waals surface area contributed by atoms with Gasteiger partial charge in [0.1, 0.15) is 5.54 Å². The topological polar surface area (TPSA) is 21.3 Å². The van der Waals surface area contributed by atoms with Crippen molar-refractivity contribution in [2.75, 3.05) is 19.8 Å². The Morgan fingerprint density at radius 3 is 2.50 bits per heavy atom. The summed E-state index contributed by atoms with van der Waals surface area (Å²) < 4.78 is 42.1. The molecule has 0 aliphatic carbocycles. The van der Waals surface area contributed by atoms with Gasteiger partial charge in [-0.15, -0.1) is 0 Å². The van der Waals surface area contributed by atoms with Crippen molar-refractivity contribution in [1.29, 1.82) is 0 Å². The summed E-state index contributed by atoms with van der Waals surface area (Å²) in [7, 11) is 0. The fourth-order valence-corrected chi connectivity index (χ4v) is 1.37. The first kappa shape index (κ1) is 9.80. The van der Waals surface area contributed by atoms with Crippen molar-refractivity contribution in [3.05, 3.63) is 0 Å². The molecule has 1 heterocycles. The van der Waals surface area contributed by atoms with Crippen LogP contribution in [0, 0.1) is 0 Å². The van der Waals surface area contributed by atoms with Crippen molar-refractivity contribution in [2.45, 2.75) is 25.1 Å². The number of ether oxygens (including phenoxy) is 1. The second-order valence-electron chi connectivity index (χ2n) is 2.91. The van der Waals surface area contributed by atoms with Gasteiger partial charge in [-0.1, -0.05) is 6.92 Å². The second kappa shape index (κ2) is 3.22. The summed E-state index contributed by atoms with van der Waals surface area (Å²) in [6.45, 7) is 1.89. The highest BCUT2D eigenvalue weighted by Crippen LogP contribution is 2.36. The summed E-state index contributed by atoms with van der Waals surface area (Å²) in [6, 6.07) is 0. The van der Waals surface area contributed by atoms with Crippen LogP contribution in [-0.4, -0.2) is 31.5 Å². The Hall–Kier alpha value is -0.290. The molecule has 0 aromatic heterocycles. The van der Waals surface area contributed by atoms with Crippen molar-refractivity contribution in [1.82, 2.24) is 5.32 Å². The van der Waals surface area contributed by atoms with Crippen LogP contribution in [-0.2, 0) is 4.74 Å². The molecule has 1 atom stereocenters. The highest BCUT2D eigenvalue weighted by atomic mass is 19.4. The zero-order valence-corrected chi connectivity index (χ0v) is 6.87. The lowest BCUT2D eigenvalue weighted by Gasteiger charge is -2.30. The van der Waals surface area contributed by atoms with Gasteiger partial charge >= 0.3 is 6.18 Å². The summed E-state index contributed by atoms with van der Waals surface area (Å²) in [5.41, 5.74) is -1.79. The molecule has 0 saturated carbocycles. The first-order chi connectivity index (χ1) is 5.52. The van der Waals surface area contributed by atoms with Crippen molar-refractivity contribution in [3.63, 3.8) is 0 Å². The van der Waals surface area contributed by atoms with E-state index in [0.717, 1.165) is 0 Å². The Kier molecular flexibility index (Phi) is 2.63. The molecule has 2 nitrogen and oxygen atoms in total. The third-order valence-corrected chi connectivity index (χ3v) is 2.08. The molecule has 0 bridgehead atoms. The van der Waals surface area contributed by atoms with Crippen molar-refractivity contribution in [3.8, 4) is 0 Å². The molecule has 0 aromatic rings. The molecular formula is C7H12F3NO. The summed E-state index contributed by atoms with van der Waals surface area (Å²) in [5, 5.41) is 2.45. The minimum absolute atomic E-state index is 0.0182. The van der Waals surface area contributed by atoms with Crippen LogP contribution in [0.15, 0.2) is 0 Å². The lowest BCUT2D eigenvalue weighted by atomic mass is 9.98. The van der Waals surface area contributed by atoms with Crippen LogP contribution in [0.5, 0.6) is 0 Å². The Balaban J connectivity index is 2.72. The zero-order chi connectivity index (χ0) is 9.24. The van der Waals surface area contributed by atoms with E-state index in [2.05, 4.69) is 5.32 Å². The van der Waals surface area contributed by atoms with Gasteiger partial charge < -0.3 is 10.1 Å². The largest absolute Gasteiger partial charge is 0.408 e. The predicted molar refractivity (Wildman–Crippen MR) is 37.9 cm³/mol. The minimum Gasteiger partial charge on any atom is -0.379 e. The normalized spacial score (nSPS) is 31.0. The highest BCUT2D eigenvalue weighted by Gasteiger charge is 2.56. The Bertz CT molecular complexity index is 151. The average Bonchev–Trinajstić information content (AvgIpc) is 2.36. The maximum Gasteiger partial charge on any atom is 0.408 e. The van der Waals surface area contributed by atoms with Gasteiger partial charge in [0.05, 0.1) is 6.61 Å². The SMILES string of the molecule is CCNC1(C(F)(F)F)CCOC1. The molecule has 1 saturated heterocycles. The molecular weight excluding hydrogens is 171 g/mol. The Labute approximate surface area is 69.1 Å². The molecule has 0 aromatic carbocycles. The second-order valence-corrected chi connectivity index (χ2v) is 2.91. The van der Waals surface area contributed by atoms with Gasteiger partial charge in [-0.2, -0.15) is 13.2 Å². The fourth-order valence-electron chi connectivity index (χ4n) is 1.37. The van der Waals surface area contributed by atoms with Gasteiger partial charge in [-0.25, -0.2) is 0 Å². The predicted octanol–water partition coefficient (Wildman–Crippen LogP) is 1.32. The molecule has 1 fully saturated rings. The molecule has 5 heteroatoms. The molecule has 1 unspecified atom stereocenters. The van der Waals surface area contributed by atoms with Crippen molar-refractivity contribution >= 4 is 0 Å². The third-order valence-electron chi connectivity index (χ3n) is 2.08. The molecule has 1 rings (SSSR count). The number of halogens is 3. The molecule has 0 radical (unpaired) electrons. The molecule has 0 spiro atoms. The van der Waals surface area contributed by atoms with Crippen LogP contribution in [0.2, 0.25) is 0 Å². The van der Waals surface area contributed by atoms with E-state index in [1.807, 2.05) is 0 Å². The number of hydrogen-bond acceptors (Lipinski definition) is 2. The van der Waals surface area contributed by atoms with E-state index in [1.165, 1.54) is 0 Å². The number of hydrogen-bond donors (Lipinski definition) is 1. The summed E-state index contributed by atoms with van der Waals surface area (Å²) >= 11 is 0. The minimum atomic E-state index is -4.21. The summed E-state index contributed by atoms with van der Waals surface area (Å²) in [5.74, 6) is 0. The molecule has 12 heavy (non-hydrogen) atoms. The van der Waals surface area contributed by atoms with Crippen LogP contribution in [0.25, 0.3) is 0 Å². The maximum atomic E-state index is 12.5. The zero-order valence-electron chi connectivity index (χ0n) is 6.87. The van der Waals surface area contributed by atoms with E-state index in [0.29, 0.717) is 6.54 Å². The number of rotatable bonds is 2. The van der Waals surface area contributed by atoms with Gasteiger partial charge in [0.2, 0.25) is 0 Å². The molecule has 72 valence electrons. The van der Waals surface area contributed by atoms with Gasteiger partial charge in [0.25, 0.3) is 0 Å². The molecule has 0 amide bonds. The van der Waals surface area contributed by atoms with Crippen LogP contribution in [0.4, 0.5) is 13.2 Å². The lowest BCUT2D eigenvalue weighted by Crippen LogP contribution is -2.57. The van der Waals surface area contributed by atoms with E-state index in [4.69, 9.17) is 4.74 Å². The highest BCUT2D eigenvalue weighted by molar-refractivity contribution is 4.97. The first-order valence-corrected chi connectivity index (χ1v) is 3.91. The van der Waals surface area contributed by atoms with Crippen molar-refractivity contribution < 1.29 is 17.9 Å². The number of nitrogens with one attached hydrogen (secondary N) is 1.